The second-order valence-electron chi connectivity index (χ2n) is 10.2. The Bertz CT molecular complexity index is 1090. The number of hydrogen-bond donors (Lipinski definition) is 1. The zero-order valence-corrected chi connectivity index (χ0v) is 22.7. The highest BCUT2D eigenvalue weighted by Crippen LogP contribution is 2.33. The van der Waals surface area contributed by atoms with Crippen LogP contribution in [-0.2, 0) is 11.3 Å². The summed E-state index contributed by atoms with van der Waals surface area (Å²) in [6, 6.07) is 17.8. The van der Waals surface area contributed by atoms with E-state index in [1.807, 2.05) is 87.0 Å². The molecule has 3 rings (SSSR count). The van der Waals surface area contributed by atoms with Crippen LogP contribution in [0, 0.1) is 6.92 Å². The molecule has 0 bridgehead atoms. The summed E-state index contributed by atoms with van der Waals surface area (Å²) in [5, 5.41) is 15.6. The van der Waals surface area contributed by atoms with Gasteiger partial charge in [-0.1, -0.05) is 31.2 Å². The molecule has 0 spiro atoms. The van der Waals surface area contributed by atoms with Crippen molar-refractivity contribution in [3.8, 4) is 23.1 Å². The van der Waals surface area contributed by atoms with E-state index in [2.05, 4.69) is 18.7 Å². The van der Waals surface area contributed by atoms with Gasteiger partial charge in [0.15, 0.2) is 0 Å². The topological polar surface area (TPSA) is 69.0 Å². The van der Waals surface area contributed by atoms with Gasteiger partial charge in [-0.15, -0.1) is 0 Å². The molecule has 0 aliphatic carbocycles. The van der Waals surface area contributed by atoms with Crippen LogP contribution in [0.15, 0.2) is 54.6 Å². The van der Waals surface area contributed by atoms with E-state index in [4.69, 9.17) is 19.3 Å². The summed E-state index contributed by atoms with van der Waals surface area (Å²) in [5.41, 5.74) is 2.47. The number of ether oxygens (including phenoxy) is 3. The van der Waals surface area contributed by atoms with Gasteiger partial charge >= 0.3 is 0 Å². The first kappa shape index (κ1) is 27.7. The van der Waals surface area contributed by atoms with Crippen molar-refractivity contribution in [3.63, 3.8) is 0 Å². The number of aromatic nitrogens is 2. The van der Waals surface area contributed by atoms with Crippen LogP contribution in [0.25, 0.3) is 5.69 Å². The minimum atomic E-state index is -0.606. The van der Waals surface area contributed by atoms with Crippen LogP contribution in [-0.4, -0.2) is 57.8 Å². The second-order valence-corrected chi connectivity index (χ2v) is 10.2. The molecule has 2 aromatic carbocycles. The zero-order chi connectivity index (χ0) is 26.3. The number of benzene rings is 2. The normalized spacial score (nSPS) is 13.6. The van der Waals surface area contributed by atoms with Gasteiger partial charge in [0.2, 0.25) is 5.88 Å². The molecule has 7 nitrogen and oxygen atoms in total. The van der Waals surface area contributed by atoms with Gasteiger partial charge in [0.25, 0.3) is 0 Å². The van der Waals surface area contributed by atoms with Crippen molar-refractivity contribution < 1.29 is 19.3 Å². The Morgan fingerprint density at radius 2 is 1.75 bits per heavy atom. The van der Waals surface area contributed by atoms with Crippen molar-refractivity contribution in [3.05, 3.63) is 65.9 Å². The summed E-state index contributed by atoms with van der Waals surface area (Å²) in [6.45, 7) is 13.7. The summed E-state index contributed by atoms with van der Waals surface area (Å²) in [4.78, 5) is 2.27. The number of hydrogen-bond acceptors (Lipinski definition) is 6. The molecular weight excluding hydrogens is 454 g/mol. The van der Waals surface area contributed by atoms with Gasteiger partial charge in [0.1, 0.15) is 11.5 Å². The number of aryl methyl sites for hydroxylation is 1. The first-order chi connectivity index (χ1) is 17.1. The van der Waals surface area contributed by atoms with Gasteiger partial charge in [0, 0.05) is 25.2 Å². The van der Waals surface area contributed by atoms with Gasteiger partial charge in [-0.25, -0.2) is 4.68 Å². The Labute approximate surface area is 215 Å². The number of rotatable bonds is 12. The third kappa shape index (κ3) is 7.56. The molecule has 36 heavy (non-hydrogen) atoms. The highest BCUT2D eigenvalue weighted by Gasteiger charge is 2.25. The van der Waals surface area contributed by atoms with E-state index in [0.29, 0.717) is 24.7 Å². The van der Waals surface area contributed by atoms with Gasteiger partial charge in [0.05, 0.1) is 42.4 Å². The van der Waals surface area contributed by atoms with Crippen LogP contribution < -0.4 is 9.47 Å². The van der Waals surface area contributed by atoms with Gasteiger partial charge in [-0.3, -0.25) is 4.90 Å². The fourth-order valence-electron chi connectivity index (χ4n) is 3.88. The number of aliphatic hydroxyl groups excluding tert-OH is 1. The molecule has 0 radical (unpaired) electrons. The maximum Gasteiger partial charge on any atom is 0.227 e. The molecule has 0 saturated carbocycles. The molecule has 3 aromatic rings. The molecule has 0 aliphatic heterocycles. The largest absolute Gasteiger partial charge is 0.497 e. The van der Waals surface area contributed by atoms with Crippen molar-refractivity contribution in [2.45, 2.75) is 72.3 Å². The zero-order valence-electron chi connectivity index (χ0n) is 22.7. The van der Waals surface area contributed by atoms with Crippen LogP contribution in [0.2, 0.25) is 0 Å². The minimum Gasteiger partial charge on any atom is -0.497 e. The molecule has 0 fully saturated rings. The molecule has 0 saturated heterocycles. The monoisotopic (exact) mass is 495 g/mol. The molecular formula is C29H41N3O4. The van der Waals surface area contributed by atoms with Crippen molar-refractivity contribution in [1.82, 2.24) is 14.7 Å². The lowest BCUT2D eigenvalue weighted by Gasteiger charge is -2.31. The van der Waals surface area contributed by atoms with Crippen molar-refractivity contribution in [1.29, 1.82) is 0 Å². The maximum atomic E-state index is 10.8. The SMILES string of the molecule is CC[C@H](C)N(Cc1c(C)nn(-c2ccccc2)c1Oc1cccc(OC)c1)C[C@@H](O)COC(C)(C)C. The molecule has 2 atom stereocenters. The lowest BCUT2D eigenvalue weighted by Crippen LogP contribution is -2.41. The van der Waals surface area contributed by atoms with Crippen LogP contribution in [0.5, 0.6) is 17.4 Å². The predicted molar refractivity (Wildman–Crippen MR) is 143 cm³/mol. The Hall–Kier alpha value is -2.87. The number of aliphatic hydroxyl groups is 1. The predicted octanol–water partition coefficient (Wildman–Crippen LogP) is 5.76. The third-order valence-corrected chi connectivity index (χ3v) is 6.12. The highest BCUT2D eigenvalue weighted by atomic mass is 16.5. The Morgan fingerprint density at radius 3 is 2.39 bits per heavy atom. The lowest BCUT2D eigenvalue weighted by atomic mass is 10.1. The summed E-state index contributed by atoms with van der Waals surface area (Å²) in [6.07, 6.45) is 0.343. The molecule has 1 N–H and O–H groups in total. The van der Waals surface area contributed by atoms with Crippen molar-refractivity contribution in [2.75, 3.05) is 20.3 Å². The summed E-state index contributed by atoms with van der Waals surface area (Å²) in [7, 11) is 1.64. The molecule has 0 unspecified atom stereocenters. The first-order valence-electron chi connectivity index (χ1n) is 12.6. The van der Waals surface area contributed by atoms with Crippen LogP contribution in [0.3, 0.4) is 0 Å². The van der Waals surface area contributed by atoms with E-state index in [-0.39, 0.29) is 18.2 Å². The van der Waals surface area contributed by atoms with Crippen molar-refractivity contribution >= 4 is 0 Å². The molecule has 7 heteroatoms. The van der Waals surface area contributed by atoms with E-state index in [0.717, 1.165) is 29.1 Å². The Kier molecular flexibility index (Phi) is 9.54. The van der Waals surface area contributed by atoms with Crippen LogP contribution in [0.1, 0.15) is 52.3 Å². The second kappa shape index (κ2) is 12.4. The van der Waals surface area contributed by atoms with Gasteiger partial charge in [-0.05, 0) is 65.3 Å². The summed E-state index contributed by atoms with van der Waals surface area (Å²) >= 11 is 0. The molecule has 1 heterocycles. The van der Waals surface area contributed by atoms with Gasteiger partial charge in [-0.2, -0.15) is 5.10 Å². The van der Waals surface area contributed by atoms with E-state index < -0.39 is 6.10 Å². The van der Waals surface area contributed by atoms with Crippen LogP contribution in [0.4, 0.5) is 0 Å². The Morgan fingerprint density at radius 1 is 1.06 bits per heavy atom. The smallest absolute Gasteiger partial charge is 0.227 e. The third-order valence-electron chi connectivity index (χ3n) is 6.12. The van der Waals surface area contributed by atoms with Gasteiger partial charge < -0.3 is 19.3 Å². The quantitative estimate of drug-likeness (QED) is 0.345. The Balaban J connectivity index is 1.96. The average molecular weight is 496 g/mol. The van der Waals surface area contributed by atoms with E-state index >= 15 is 0 Å². The first-order valence-corrected chi connectivity index (χ1v) is 12.6. The van der Waals surface area contributed by atoms with Crippen molar-refractivity contribution in [2.24, 2.45) is 0 Å². The van der Waals surface area contributed by atoms with E-state index in [9.17, 15) is 5.11 Å². The number of methoxy groups -OCH3 is 1. The standard InChI is InChI=1S/C29H41N3O4/c1-8-21(2)31(18-24(33)20-35-29(4,5)6)19-27-22(3)30-32(23-13-10-9-11-14-23)28(27)36-26-16-12-15-25(17-26)34-7/h9-17,21,24,33H,8,18-20H2,1-7H3/t21-,24+/m0/s1. The maximum absolute atomic E-state index is 10.8. The molecule has 1 aromatic heterocycles. The molecule has 0 amide bonds. The summed E-state index contributed by atoms with van der Waals surface area (Å²) < 4.78 is 19.6. The van der Waals surface area contributed by atoms with E-state index in [1.54, 1.807) is 7.11 Å². The minimum absolute atomic E-state index is 0.249. The average Bonchev–Trinajstić information content (AvgIpc) is 3.16. The summed E-state index contributed by atoms with van der Waals surface area (Å²) in [5.74, 6) is 2.04. The van der Waals surface area contributed by atoms with Crippen LogP contribution >= 0.6 is 0 Å². The fourth-order valence-corrected chi connectivity index (χ4v) is 3.88. The fraction of sp³-hybridized carbons (Fsp3) is 0.483. The van der Waals surface area contributed by atoms with E-state index in [1.165, 1.54) is 0 Å². The number of para-hydroxylation sites is 1. The number of nitrogens with zero attached hydrogens (tertiary/aromatic N) is 3. The lowest BCUT2D eigenvalue weighted by molar-refractivity contribution is -0.0593. The highest BCUT2D eigenvalue weighted by molar-refractivity contribution is 5.44. The molecule has 0 aliphatic rings. The molecule has 196 valence electrons.